The van der Waals surface area contributed by atoms with Crippen molar-refractivity contribution in [1.82, 2.24) is 0 Å². The van der Waals surface area contributed by atoms with E-state index in [4.69, 9.17) is 4.89 Å². The molecule has 4 saturated carbocycles. The van der Waals surface area contributed by atoms with Crippen LogP contribution in [0.25, 0.3) is 0 Å². The minimum absolute atomic E-state index is 0.0989. The summed E-state index contributed by atoms with van der Waals surface area (Å²) >= 11 is 0. The van der Waals surface area contributed by atoms with E-state index in [1.165, 1.54) is 70.6 Å². The molecule has 9 atom stereocenters. The third-order valence-corrected chi connectivity index (χ3v) is 10.7. The molecule has 0 bridgehead atoms. The molecule has 0 aromatic carbocycles. The molecule has 0 saturated heterocycles. The van der Waals surface area contributed by atoms with E-state index >= 15 is 0 Å². The second-order valence-electron chi connectivity index (χ2n) is 12.5. The van der Waals surface area contributed by atoms with Gasteiger partial charge >= 0.3 is 0 Å². The smallest absolute Gasteiger partial charge is 0.169 e. The van der Waals surface area contributed by atoms with Gasteiger partial charge in [-0.1, -0.05) is 66.7 Å². The Morgan fingerprint density at radius 1 is 1.03 bits per heavy atom. The van der Waals surface area contributed by atoms with Gasteiger partial charge in [0.1, 0.15) is 0 Å². The summed E-state index contributed by atoms with van der Waals surface area (Å²) in [7, 11) is 0. The fourth-order valence-electron chi connectivity index (χ4n) is 9.24. The fraction of sp³-hybridized carbons (Fsp3) is 0.963. The zero-order valence-electron chi connectivity index (χ0n) is 20.2. The topological polar surface area (TPSA) is 46.5 Å². The number of carbonyl (C=O) groups excluding carboxylic acids is 1. The van der Waals surface area contributed by atoms with Crippen molar-refractivity contribution in [3.05, 3.63) is 0 Å². The quantitative estimate of drug-likeness (QED) is 0.368. The molecule has 0 aromatic rings. The van der Waals surface area contributed by atoms with Gasteiger partial charge in [0.2, 0.25) is 0 Å². The molecule has 4 rings (SSSR count). The predicted molar refractivity (Wildman–Crippen MR) is 121 cm³/mol. The Hall–Kier alpha value is -0.410. The highest BCUT2D eigenvalue weighted by atomic mass is 17.1. The third-order valence-electron chi connectivity index (χ3n) is 10.7. The van der Waals surface area contributed by atoms with Crippen molar-refractivity contribution in [2.45, 2.75) is 111 Å². The van der Waals surface area contributed by atoms with E-state index in [1.807, 2.05) is 0 Å². The van der Waals surface area contributed by atoms with Crippen LogP contribution in [0, 0.1) is 52.3 Å². The first kappa shape index (κ1) is 22.8. The molecule has 0 aromatic heterocycles. The van der Waals surface area contributed by atoms with Crippen LogP contribution in [0.3, 0.4) is 0 Å². The lowest BCUT2D eigenvalue weighted by atomic mass is 9.43. The largest absolute Gasteiger partial charge is 0.296 e. The van der Waals surface area contributed by atoms with Crippen LogP contribution >= 0.6 is 0 Å². The first-order chi connectivity index (χ1) is 14.2. The molecule has 172 valence electrons. The number of ketones is 1. The van der Waals surface area contributed by atoms with Crippen LogP contribution in [-0.4, -0.2) is 17.1 Å². The molecule has 1 N–H and O–H groups in total. The maximum absolute atomic E-state index is 14.0. The standard InChI is InChI=1S/C27H46O3/c1-17(2)9-8-10-18(3)21-14-15-22-20-13-12-19-11-6-7-16-26(19,4)23(20)24(28)25(30-29)27(21,22)5/h17-23,25,29H,6-16H2,1-5H3/t18-,19?,20+,21-,22+,23-,25?,26+,27-/m1/s1. The van der Waals surface area contributed by atoms with Gasteiger partial charge in [-0.25, -0.2) is 4.89 Å². The van der Waals surface area contributed by atoms with Gasteiger partial charge in [-0.15, -0.1) is 0 Å². The Bertz CT molecular complexity index is 630. The molecule has 3 heteroatoms. The maximum atomic E-state index is 14.0. The Labute approximate surface area is 184 Å². The van der Waals surface area contributed by atoms with Crippen molar-refractivity contribution in [1.29, 1.82) is 0 Å². The predicted octanol–water partition coefficient (Wildman–Crippen LogP) is 7.14. The summed E-state index contributed by atoms with van der Waals surface area (Å²) in [6.45, 7) is 11.7. The minimum Gasteiger partial charge on any atom is -0.296 e. The number of carbonyl (C=O) groups is 1. The molecule has 4 aliphatic carbocycles. The van der Waals surface area contributed by atoms with Crippen LogP contribution in [0.2, 0.25) is 0 Å². The van der Waals surface area contributed by atoms with Crippen molar-refractivity contribution in [2.75, 3.05) is 0 Å². The van der Waals surface area contributed by atoms with E-state index in [0.717, 1.165) is 5.92 Å². The molecule has 4 aliphatic rings. The maximum Gasteiger partial charge on any atom is 0.169 e. The average molecular weight is 419 g/mol. The molecular formula is C27H46O3. The highest BCUT2D eigenvalue weighted by Gasteiger charge is 2.67. The van der Waals surface area contributed by atoms with E-state index in [2.05, 4.69) is 34.6 Å². The van der Waals surface area contributed by atoms with E-state index < -0.39 is 6.10 Å². The van der Waals surface area contributed by atoms with Gasteiger partial charge in [0.05, 0.1) is 0 Å². The van der Waals surface area contributed by atoms with E-state index in [1.54, 1.807) is 0 Å². The van der Waals surface area contributed by atoms with Crippen molar-refractivity contribution in [3.8, 4) is 0 Å². The second kappa shape index (κ2) is 8.50. The number of rotatable bonds is 6. The summed E-state index contributed by atoms with van der Waals surface area (Å²) in [5, 5.41) is 10.1. The summed E-state index contributed by atoms with van der Waals surface area (Å²) < 4.78 is 0. The first-order valence-electron chi connectivity index (χ1n) is 13.1. The van der Waals surface area contributed by atoms with E-state index in [9.17, 15) is 10.1 Å². The molecule has 4 fully saturated rings. The van der Waals surface area contributed by atoms with Gasteiger partial charge in [-0.3, -0.25) is 10.1 Å². The van der Waals surface area contributed by atoms with Gasteiger partial charge in [-0.2, -0.15) is 0 Å². The van der Waals surface area contributed by atoms with E-state index in [0.29, 0.717) is 29.6 Å². The molecule has 0 radical (unpaired) electrons. The Morgan fingerprint density at radius 2 is 1.80 bits per heavy atom. The highest BCUT2D eigenvalue weighted by Crippen LogP contribution is 2.67. The molecule has 0 spiro atoms. The van der Waals surface area contributed by atoms with Crippen LogP contribution in [0.1, 0.15) is 105 Å². The number of Topliss-reactive ketones (excluding diaryl/α,β-unsaturated/α-hetero) is 1. The highest BCUT2D eigenvalue weighted by molar-refractivity contribution is 5.88. The lowest BCUT2D eigenvalue weighted by Gasteiger charge is -2.61. The zero-order valence-corrected chi connectivity index (χ0v) is 20.2. The molecule has 0 aliphatic heterocycles. The van der Waals surface area contributed by atoms with Crippen molar-refractivity contribution in [3.63, 3.8) is 0 Å². The Balaban J connectivity index is 1.61. The van der Waals surface area contributed by atoms with Crippen LogP contribution in [0.15, 0.2) is 0 Å². The summed E-state index contributed by atoms with van der Waals surface area (Å²) in [6, 6.07) is 0. The third kappa shape index (κ3) is 3.41. The SMILES string of the molecule is CC(C)CCC[C@@H](C)[C@H]1CC[C@H]2[C@@H]3CCC4CCCC[C@]4(C)[C@H]3C(=O)C(OO)[C@]12C. The van der Waals surface area contributed by atoms with Crippen molar-refractivity contribution >= 4 is 5.78 Å². The summed E-state index contributed by atoms with van der Waals surface area (Å²) in [6.07, 6.45) is 13.1. The first-order valence-corrected chi connectivity index (χ1v) is 13.1. The van der Waals surface area contributed by atoms with Gasteiger partial charge < -0.3 is 0 Å². The van der Waals surface area contributed by atoms with Gasteiger partial charge in [0, 0.05) is 11.3 Å². The van der Waals surface area contributed by atoms with Crippen LogP contribution in [0.4, 0.5) is 0 Å². The number of fused-ring (bicyclic) bond motifs is 5. The Kier molecular flexibility index (Phi) is 6.45. The molecule has 2 unspecified atom stereocenters. The molecule has 30 heavy (non-hydrogen) atoms. The van der Waals surface area contributed by atoms with Gasteiger partial charge in [-0.05, 0) is 79.4 Å². The normalized spacial score (nSPS) is 47.0. The fourth-order valence-corrected chi connectivity index (χ4v) is 9.24. The summed E-state index contributed by atoms with van der Waals surface area (Å²) in [4.78, 5) is 19.2. The second-order valence-corrected chi connectivity index (χ2v) is 12.5. The number of hydrogen-bond acceptors (Lipinski definition) is 3. The van der Waals surface area contributed by atoms with E-state index in [-0.39, 0.29) is 22.5 Å². The summed E-state index contributed by atoms with van der Waals surface area (Å²) in [5.41, 5.74) is -0.0839. The lowest BCUT2D eigenvalue weighted by molar-refractivity contribution is -0.315. The van der Waals surface area contributed by atoms with Crippen LogP contribution in [-0.2, 0) is 9.68 Å². The van der Waals surface area contributed by atoms with Gasteiger partial charge in [0.15, 0.2) is 11.9 Å². The molecular weight excluding hydrogens is 372 g/mol. The molecule has 0 heterocycles. The molecule has 0 amide bonds. The van der Waals surface area contributed by atoms with Gasteiger partial charge in [0.25, 0.3) is 0 Å². The van der Waals surface area contributed by atoms with Crippen molar-refractivity contribution in [2.24, 2.45) is 52.3 Å². The average Bonchev–Trinajstić information content (AvgIpc) is 3.04. The van der Waals surface area contributed by atoms with Crippen molar-refractivity contribution < 1.29 is 14.9 Å². The summed E-state index contributed by atoms with van der Waals surface area (Å²) in [5.74, 6) is 3.87. The lowest BCUT2D eigenvalue weighted by Crippen LogP contribution is -2.63. The molecule has 3 nitrogen and oxygen atoms in total. The zero-order chi connectivity index (χ0) is 21.7. The number of hydrogen-bond donors (Lipinski definition) is 1. The Morgan fingerprint density at radius 3 is 2.50 bits per heavy atom. The van der Waals surface area contributed by atoms with Crippen LogP contribution < -0.4 is 0 Å². The minimum atomic E-state index is -0.624. The van der Waals surface area contributed by atoms with Crippen LogP contribution in [0.5, 0.6) is 0 Å². The monoisotopic (exact) mass is 418 g/mol.